The highest BCUT2D eigenvalue weighted by Crippen LogP contribution is 2.70. The van der Waals surface area contributed by atoms with Gasteiger partial charge in [0.25, 0.3) is 0 Å². The second kappa shape index (κ2) is 3.34. The van der Waals surface area contributed by atoms with Crippen LogP contribution < -0.4 is 5.73 Å². The van der Waals surface area contributed by atoms with E-state index in [1.54, 1.807) is 0 Å². The third-order valence-corrected chi connectivity index (χ3v) is 5.54. The summed E-state index contributed by atoms with van der Waals surface area (Å²) in [6.07, 6.45) is 8.79. The van der Waals surface area contributed by atoms with Crippen molar-refractivity contribution < 1.29 is 4.79 Å². The van der Waals surface area contributed by atoms with Crippen LogP contribution in [0.15, 0.2) is 0 Å². The van der Waals surface area contributed by atoms with Crippen molar-refractivity contribution in [2.45, 2.75) is 58.8 Å². The molecule has 0 spiro atoms. The summed E-state index contributed by atoms with van der Waals surface area (Å²) in [7, 11) is 0. The van der Waals surface area contributed by atoms with Gasteiger partial charge in [0.2, 0.25) is 0 Å². The molecular weight excluding hydrogens is 210 g/mol. The number of ketones is 1. The minimum atomic E-state index is 0.236. The maximum Gasteiger partial charge on any atom is 0.146 e. The summed E-state index contributed by atoms with van der Waals surface area (Å²) in [5, 5.41) is 0. The van der Waals surface area contributed by atoms with Crippen molar-refractivity contribution >= 4 is 5.78 Å². The summed E-state index contributed by atoms with van der Waals surface area (Å²) in [5.74, 6) is 1.16. The first-order valence-corrected chi connectivity index (χ1v) is 7.08. The first kappa shape index (κ1) is 11.7. The number of hydrogen-bond acceptors (Lipinski definition) is 2. The number of Topliss-reactive ketones (excluding diaryl/α,β-unsaturated/α-hetero) is 1. The van der Waals surface area contributed by atoms with Crippen LogP contribution in [0.4, 0.5) is 0 Å². The molecule has 17 heavy (non-hydrogen) atoms. The standard InChI is InChI=1S/C15H25NO/c1-13-3-11-4-14(2,8-13)10-15(5-11,9-13)6-12(17)7-16/h11H,3-10,16H2,1-2H3. The molecule has 4 aliphatic rings. The molecule has 0 aromatic carbocycles. The van der Waals surface area contributed by atoms with Gasteiger partial charge in [-0.25, -0.2) is 0 Å². The van der Waals surface area contributed by atoms with Gasteiger partial charge in [0, 0.05) is 6.42 Å². The Morgan fingerprint density at radius 2 is 1.71 bits per heavy atom. The molecule has 0 aromatic heterocycles. The van der Waals surface area contributed by atoms with E-state index in [1.165, 1.54) is 38.5 Å². The van der Waals surface area contributed by atoms with Gasteiger partial charge in [0.1, 0.15) is 5.78 Å². The smallest absolute Gasteiger partial charge is 0.146 e. The fourth-order valence-electron chi connectivity index (χ4n) is 6.37. The van der Waals surface area contributed by atoms with Gasteiger partial charge in [0.15, 0.2) is 0 Å². The van der Waals surface area contributed by atoms with E-state index < -0.39 is 0 Å². The Morgan fingerprint density at radius 1 is 1.12 bits per heavy atom. The molecule has 4 saturated carbocycles. The molecule has 4 rings (SSSR count). The topological polar surface area (TPSA) is 43.1 Å². The highest BCUT2D eigenvalue weighted by atomic mass is 16.1. The first-order valence-electron chi connectivity index (χ1n) is 7.08. The van der Waals surface area contributed by atoms with Crippen molar-refractivity contribution in [2.24, 2.45) is 27.9 Å². The van der Waals surface area contributed by atoms with E-state index in [9.17, 15) is 4.79 Å². The molecule has 0 aromatic rings. The third kappa shape index (κ3) is 1.85. The Labute approximate surface area is 104 Å². The van der Waals surface area contributed by atoms with Crippen LogP contribution in [0.5, 0.6) is 0 Å². The largest absolute Gasteiger partial charge is 0.324 e. The molecular formula is C15H25NO. The van der Waals surface area contributed by atoms with Crippen LogP contribution in [-0.2, 0) is 4.79 Å². The fraction of sp³-hybridized carbons (Fsp3) is 0.933. The highest BCUT2D eigenvalue weighted by Gasteiger charge is 2.60. The Balaban J connectivity index is 1.89. The zero-order chi connectivity index (χ0) is 12.3. The van der Waals surface area contributed by atoms with Crippen LogP contribution in [0.3, 0.4) is 0 Å². The minimum Gasteiger partial charge on any atom is -0.324 e. The number of rotatable bonds is 3. The lowest BCUT2D eigenvalue weighted by atomic mass is 9.39. The number of carbonyl (C=O) groups is 1. The molecule has 0 amide bonds. The van der Waals surface area contributed by atoms with E-state index in [-0.39, 0.29) is 12.3 Å². The molecule has 0 heterocycles. The summed E-state index contributed by atoms with van der Waals surface area (Å²) < 4.78 is 0. The lowest BCUT2D eigenvalue weighted by molar-refractivity contribution is -0.154. The van der Waals surface area contributed by atoms with E-state index in [0.29, 0.717) is 16.2 Å². The fourth-order valence-corrected chi connectivity index (χ4v) is 6.37. The molecule has 2 heteroatoms. The summed E-state index contributed by atoms with van der Waals surface area (Å²) in [6, 6.07) is 0. The predicted octanol–water partition coefficient (Wildman–Crippen LogP) is 2.90. The van der Waals surface area contributed by atoms with Crippen molar-refractivity contribution in [3.05, 3.63) is 0 Å². The summed E-state index contributed by atoms with van der Waals surface area (Å²) in [5.41, 5.74) is 6.87. The Hall–Kier alpha value is -0.370. The Kier molecular flexibility index (Phi) is 2.30. The van der Waals surface area contributed by atoms with Gasteiger partial charge in [-0.05, 0) is 60.7 Å². The molecule has 96 valence electrons. The molecule has 2 unspecified atom stereocenters. The molecule has 0 aliphatic heterocycles. The minimum absolute atomic E-state index is 0.236. The van der Waals surface area contributed by atoms with Crippen molar-refractivity contribution in [1.82, 2.24) is 0 Å². The maximum absolute atomic E-state index is 11.8. The monoisotopic (exact) mass is 235 g/mol. The lowest BCUT2D eigenvalue weighted by Crippen LogP contribution is -2.55. The van der Waals surface area contributed by atoms with Gasteiger partial charge in [-0.3, -0.25) is 4.79 Å². The molecule has 2 nitrogen and oxygen atoms in total. The Bertz CT molecular complexity index is 344. The zero-order valence-electron chi connectivity index (χ0n) is 11.2. The van der Waals surface area contributed by atoms with E-state index in [0.717, 1.165) is 12.3 Å². The number of carbonyl (C=O) groups excluding carboxylic acids is 1. The zero-order valence-corrected chi connectivity index (χ0v) is 11.2. The van der Waals surface area contributed by atoms with Crippen LogP contribution in [0, 0.1) is 22.2 Å². The summed E-state index contributed by atoms with van der Waals surface area (Å²) in [4.78, 5) is 11.8. The van der Waals surface area contributed by atoms with Crippen LogP contribution >= 0.6 is 0 Å². The van der Waals surface area contributed by atoms with Crippen molar-refractivity contribution in [3.8, 4) is 0 Å². The molecule has 0 radical (unpaired) electrons. The lowest BCUT2D eigenvalue weighted by Gasteiger charge is -2.65. The summed E-state index contributed by atoms with van der Waals surface area (Å²) >= 11 is 0. The SMILES string of the molecule is CC12CC3CC(C)(C1)CC(CC(=O)CN)(C3)C2. The highest BCUT2D eigenvalue weighted by molar-refractivity contribution is 5.81. The van der Waals surface area contributed by atoms with Gasteiger partial charge < -0.3 is 5.73 Å². The normalized spacial score (nSPS) is 51.8. The molecule has 2 N–H and O–H groups in total. The average molecular weight is 235 g/mol. The van der Waals surface area contributed by atoms with Crippen molar-refractivity contribution in [3.63, 3.8) is 0 Å². The van der Waals surface area contributed by atoms with Gasteiger partial charge in [-0.15, -0.1) is 0 Å². The van der Waals surface area contributed by atoms with Gasteiger partial charge in [-0.2, -0.15) is 0 Å². The quantitative estimate of drug-likeness (QED) is 0.817. The van der Waals surface area contributed by atoms with Crippen LogP contribution in [0.1, 0.15) is 58.8 Å². The van der Waals surface area contributed by atoms with Crippen molar-refractivity contribution in [1.29, 1.82) is 0 Å². The van der Waals surface area contributed by atoms with Crippen LogP contribution in [0.2, 0.25) is 0 Å². The van der Waals surface area contributed by atoms with E-state index in [2.05, 4.69) is 13.8 Å². The second-order valence-electron chi connectivity index (χ2n) is 8.05. The van der Waals surface area contributed by atoms with Crippen molar-refractivity contribution in [2.75, 3.05) is 6.54 Å². The van der Waals surface area contributed by atoms with Gasteiger partial charge >= 0.3 is 0 Å². The predicted molar refractivity (Wildman–Crippen MR) is 68.5 cm³/mol. The van der Waals surface area contributed by atoms with E-state index in [1.807, 2.05) is 0 Å². The second-order valence-corrected chi connectivity index (χ2v) is 8.05. The number of hydrogen-bond donors (Lipinski definition) is 1. The van der Waals surface area contributed by atoms with Gasteiger partial charge in [-0.1, -0.05) is 13.8 Å². The molecule has 4 bridgehead atoms. The average Bonchev–Trinajstić information content (AvgIpc) is 2.10. The van der Waals surface area contributed by atoms with Crippen LogP contribution in [-0.4, -0.2) is 12.3 Å². The van der Waals surface area contributed by atoms with Crippen LogP contribution in [0.25, 0.3) is 0 Å². The van der Waals surface area contributed by atoms with E-state index >= 15 is 0 Å². The van der Waals surface area contributed by atoms with E-state index in [4.69, 9.17) is 5.73 Å². The maximum atomic E-state index is 11.8. The number of nitrogens with two attached hydrogens (primary N) is 1. The Morgan fingerprint density at radius 3 is 2.18 bits per heavy atom. The molecule has 4 aliphatic carbocycles. The third-order valence-electron chi connectivity index (χ3n) is 5.54. The molecule has 2 atom stereocenters. The van der Waals surface area contributed by atoms with Gasteiger partial charge in [0.05, 0.1) is 6.54 Å². The summed E-state index contributed by atoms with van der Waals surface area (Å²) in [6.45, 7) is 5.15. The molecule has 0 saturated heterocycles. The molecule has 4 fully saturated rings. The first-order chi connectivity index (χ1) is 7.86.